The van der Waals surface area contributed by atoms with E-state index >= 15 is 0 Å². The number of nitrogens with one attached hydrogen (secondary N) is 1. The number of hydrogen-bond donors (Lipinski definition) is 1. The van der Waals surface area contributed by atoms with Gasteiger partial charge in [-0.05, 0) is 25.3 Å². The van der Waals surface area contributed by atoms with E-state index in [1.54, 1.807) is 0 Å². The lowest BCUT2D eigenvalue weighted by Gasteiger charge is -2.15. The third-order valence-corrected chi connectivity index (χ3v) is 2.62. The van der Waals surface area contributed by atoms with E-state index in [4.69, 9.17) is 4.74 Å². The van der Waals surface area contributed by atoms with E-state index in [2.05, 4.69) is 19.2 Å². The van der Waals surface area contributed by atoms with Crippen molar-refractivity contribution in [3.63, 3.8) is 0 Å². The summed E-state index contributed by atoms with van der Waals surface area (Å²) in [5.41, 5.74) is 0. The molecule has 1 heterocycles. The molecule has 0 aliphatic carbocycles. The minimum atomic E-state index is -0.102. The quantitative estimate of drug-likeness (QED) is 0.693. The summed E-state index contributed by atoms with van der Waals surface area (Å²) in [4.78, 5) is 11.3. The summed E-state index contributed by atoms with van der Waals surface area (Å²) in [6.07, 6.45) is 0. The van der Waals surface area contributed by atoms with Gasteiger partial charge in [-0.3, -0.25) is 4.79 Å². The molecule has 0 spiro atoms. The lowest BCUT2D eigenvalue weighted by atomic mass is 9.94. The molecular formula is C11H23NO2. The van der Waals surface area contributed by atoms with Crippen molar-refractivity contribution in [2.24, 2.45) is 11.8 Å². The van der Waals surface area contributed by atoms with Gasteiger partial charge in [0.1, 0.15) is 6.04 Å². The molecule has 3 unspecified atom stereocenters. The van der Waals surface area contributed by atoms with Gasteiger partial charge in [0, 0.05) is 0 Å². The molecule has 0 amide bonds. The van der Waals surface area contributed by atoms with Gasteiger partial charge in [-0.2, -0.15) is 0 Å². The molecule has 0 aromatic rings. The Morgan fingerprint density at radius 2 is 2.00 bits per heavy atom. The van der Waals surface area contributed by atoms with E-state index in [1.807, 2.05) is 20.8 Å². The van der Waals surface area contributed by atoms with E-state index in [0.29, 0.717) is 18.4 Å². The van der Waals surface area contributed by atoms with Crippen molar-refractivity contribution in [1.29, 1.82) is 0 Å². The summed E-state index contributed by atoms with van der Waals surface area (Å²) < 4.78 is 4.94. The van der Waals surface area contributed by atoms with E-state index in [9.17, 15) is 4.79 Å². The molecule has 3 heteroatoms. The largest absolute Gasteiger partial charge is 0.465 e. The summed E-state index contributed by atoms with van der Waals surface area (Å²) in [6, 6.07) is -0.0834. The zero-order valence-corrected chi connectivity index (χ0v) is 9.96. The lowest BCUT2D eigenvalue weighted by molar-refractivity contribution is -0.146. The van der Waals surface area contributed by atoms with Crippen LogP contribution in [0.15, 0.2) is 0 Å². The third-order valence-electron chi connectivity index (χ3n) is 2.62. The summed E-state index contributed by atoms with van der Waals surface area (Å²) in [6.45, 7) is 11.5. The number of ether oxygens (including phenoxy) is 1. The first kappa shape index (κ1) is 13.4. The molecule has 1 aliphatic rings. The Kier molecular flexibility index (Phi) is 6.54. The standard InChI is InChI=1S/C9H17NO2.C2H6/c1-4-12-9(11)8-7(3)6(2)5-10-8;1-2/h6-8,10H,4-5H2,1-3H3;1-2H3. The summed E-state index contributed by atoms with van der Waals surface area (Å²) in [7, 11) is 0. The van der Waals surface area contributed by atoms with Crippen molar-refractivity contribution in [2.75, 3.05) is 13.2 Å². The summed E-state index contributed by atoms with van der Waals surface area (Å²) in [5, 5.41) is 3.17. The molecule has 0 radical (unpaired) electrons. The fourth-order valence-corrected chi connectivity index (χ4v) is 1.54. The zero-order chi connectivity index (χ0) is 11.1. The van der Waals surface area contributed by atoms with Gasteiger partial charge in [0.2, 0.25) is 0 Å². The van der Waals surface area contributed by atoms with Crippen LogP contribution in [0.1, 0.15) is 34.6 Å². The molecule has 0 saturated carbocycles. The second kappa shape index (κ2) is 6.82. The minimum Gasteiger partial charge on any atom is -0.465 e. The van der Waals surface area contributed by atoms with Crippen LogP contribution in [0.2, 0.25) is 0 Å². The van der Waals surface area contributed by atoms with Crippen LogP contribution in [-0.2, 0) is 9.53 Å². The van der Waals surface area contributed by atoms with Crippen LogP contribution in [0.5, 0.6) is 0 Å². The van der Waals surface area contributed by atoms with Crippen molar-refractivity contribution in [2.45, 2.75) is 40.7 Å². The van der Waals surface area contributed by atoms with Gasteiger partial charge in [0.05, 0.1) is 6.61 Å². The normalized spacial score (nSPS) is 30.5. The molecule has 1 N–H and O–H groups in total. The lowest BCUT2D eigenvalue weighted by Crippen LogP contribution is -2.36. The van der Waals surface area contributed by atoms with Crippen molar-refractivity contribution in [3.05, 3.63) is 0 Å². The second-order valence-electron chi connectivity index (χ2n) is 3.47. The average molecular weight is 201 g/mol. The number of hydrogen-bond acceptors (Lipinski definition) is 3. The first-order valence-corrected chi connectivity index (χ1v) is 5.56. The van der Waals surface area contributed by atoms with Crippen LogP contribution >= 0.6 is 0 Å². The van der Waals surface area contributed by atoms with Crippen LogP contribution in [0.3, 0.4) is 0 Å². The molecule has 14 heavy (non-hydrogen) atoms. The average Bonchev–Trinajstić information content (AvgIpc) is 2.51. The van der Waals surface area contributed by atoms with Gasteiger partial charge in [-0.15, -0.1) is 0 Å². The topological polar surface area (TPSA) is 38.3 Å². The molecule has 1 aliphatic heterocycles. The van der Waals surface area contributed by atoms with E-state index in [1.165, 1.54) is 0 Å². The highest BCUT2D eigenvalue weighted by molar-refractivity contribution is 5.76. The monoisotopic (exact) mass is 201 g/mol. The number of rotatable bonds is 2. The molecular weight excluding hydrogens is 178 g/mol. The van der Waals surface area contributed by atoms with Crippen molar-refractivity contribution in [1.82, 2.24) is 5.32 Å². The first-order chi connectivity index (χ1) is 6.66. The highest BCUT2D eigenvalue weighted by Crippen LogP contribution is 2.21. The minimum absolute atomic E-state index is 0.0834. The number of esters is 1. The Bertz CT molecular complexity index is 171. The maximum absolute atomic E-state index is 11.3. The molecule has 1 rings (SSSR count). The maximum Gasteiger partial charge on any atom is 0.323 e. The Balaban J connectivity index is 0.000000791. The Hall–Kier alpha value is -0.570. The molecule has 84 valence electrons. The van der Waals surface area contributed by atoms with Crippen LogP contribution in [0, 0.1) is 11.8 Å². The number of carbonyl (C=O) groups excluding carboxylic acids is 1. The van der Waals surface area contributed by atoms with Crippen LogP contribution in [0.4, 0.5) is 0 Å². The summed E-state index contributed by atoms with van der Waals surface area (Å²) >= 11 is 0. The number of carbonyl (C=O) groups is 1. The molecule has 0 aromatic carbocycles. The van der Waals surface area contributed by atoms with E-state index < -0.39 is 0 Å². The molecule has 1 fully saturated rings. The molecule has 1 saturated heterocycles. The van der Waals surface area contributed by atoms with Crippen LogP contribution in [0.25, 0.3) is 0 Å². The first-order valence-electron chi connectivity index (χ1n) is 5.56. The van der Waals surface area contributed by atoms with Crippen molar-refractivity contribution < 1.29 is 9.53 Å². The highest BCUT2D eigenvalue weighted by atomic mass is 16.5. The van der Waals surface area contributed by atoms with Gasteiger partial charge in [-0.1, -0.05) is 27.7 Å². The Labute approximate surface area is 87.2 Å². The highest BCUT2D eigenvalue weighted by Gasteiger charge is 2.35. The molecule has 0 bridgehead atoms. The van der Waals surface area contributed by atoms with Gasteiger partial charge < -0.3 is 10.1 Å². The van der Waals surface area contributed by atoms with Crippen LogP contribution in [-0.4, -0.2) is 25.2 Å². The fraction of sp³-hybridized carbons (Fsp3) is 0.909. The molecule has 3 nitrogen and oxygen atoms in total. The smallest absolute Gasteiger partial charge is 0.323 e. The van der Waals surface area contributed by atoms with Crippen molar-refractivity contribution in [3.8, 4) is 0 Å². The summed E-state index contributed by atoms with van der Waals surface area (Å²) in [5.74, 6) is 0.859. The van der Waals surface area contributed by atoms with Crippen LogP contribution < -0.4 is 5.32 Å². The zero-order valence-electron chi connectivity index (χ0n) is 9.96. The molecule has 3 atom stereocenters. The van der Waals surface area contributed by atoms with Gasteiger partial charge in [-0.25, -0.2) is 0 Å². The second-order valence-corrected chi connectivity index (χ2v) is 3.47. The van der Waals surface area contributed by atoms with Gasteiger partial charge >= 0.3 is 5.97 Å². The predicted molar refractivity (Wildman–Crippen MR) is 58.1 cm³/mol. The Morgan fingerprint density at radius 3 is 2.36 bits per heavy atom. The van der Waals surface area contributed by atoms with Gasteiger partial charge in [0.15, 0.2) is 0 Å². The van der Waals surface area contributed by atoms with Crippen molar-refractivity contribution >= 4 is 5.97 Å². The van der Waals surface area contributed by atoms with Gasteiger partial charge in [0.25, 0.3) is 0 Å². The Morgan fingerprint density at radius 1 is 1.43 bits per heavy atom. The van der Waals surface area contributed by atoms with E-state index in [-0.39, 0.29) is 12.0 Å². The fourth-order valence-electron chi connectivity index (χ4n) is 1.54. The molecule has 0 aromatic heterocycles. The third kappa shape index (κ3) is 3.29. The van der Waals surface area contributed by atoms with E-state index in [0.717, 1.165) is 6.54 Å². The maximum atomic E-state index is 11.3. The predicted octanol–water partition coefficient (Wildman–Crippen LogP) is 1.82. The SMILES string of the molecule is CC.CCOC(=O)C1NCC(C)C1C.